The molecular formula is C29H25F3N6O3S. The first-order chi connectivity index (χ1) is 20.0. The van der Waals surface area contributed by atoms with E-state index in [2.05, 4.69) is 39.0 Å². The number of nitrogens with zero attached hydrogens (tertiary/aromatic N) is 5. The van der Waals surface area contributed by atoms with Crippen LogP contribution in [0.15, 0.2) is 78.0 Å². The first kappa shape index (κ1) is 28.9. The van der Waals surface area contributed by atoms with E-state index in [1.807, 2.05) is 25.1 Å². The number of hydrogen-bond acceptors (Lipinski definition) is 6. The first-order valence-electron chi connectivity index (χ1n) is 12.8. The van der Waals surface area contributed by atoms with Gasteiger partial charge in [0.2, 0.25) is 5.91 Å². The fourth-order valence-electron chi connectivity index (χ4n) is 4.55. The van der Waals surface area contributed by atoms with Crippen molar-refractivity contribution in [2.45, 2.75) is 33.1 Å². The Morgan fingerprint density at radius 3 is 2.45 bits per heavy atom. The normalized spacial score (nSPS) is 14.6. The summed E-state index contributed by atoms with van der Waals surface area (Å²) in [5.41, 5.74) is 4.44. The van der Waals surface area contributed by atoms with Crippen LogP contribution < -0.4 is 15.0 Å². The molecule has 0 atom stereocenters. The number of amides is 3. The fraction of sp³-hybridized carbons (Fsp3) is 0.207. The van der Waals surface area contributed by atoms with Gasteiger partial charge in [0.15, 0.2) is 11.0 Å². The molecule has 3 amide bonds. The summed E-state index contributed by atoms with van der Waals surface area (Å²) in [6.07, 6.45) is -3.33. The minimum atomic E-state index is -4.77. The Labute approximate surface area is 243 Å². The van der Waals surface area contributed by atoms with Gasteiger partial charge < -0.3 is 10.1 Å². The van der Waals surface area contributed by atoms with Crippen LogP contribution in [0.25, 0.3) is 17.1 Å². The fourth-order valence-corrected chi connectivity index (χ4v) is 5.41. The summed E-state index contributed by atoms with van der Waals surface area (Å²) in [5.74, 6) is 0.265. The molecule has 0 radical (unpaired) electrons. The second-order valence-electron chi connectivity index (χ2n) is 9.64. The Morgan fingerprint density at radius 2 is 1.79 bits per heavy atom. The minimum absolute atomic E-state index is 0.138. The zero-order valence-corrected chi connectivity index (χ0v) is 23.5. The van der Waals surface area contributed by atoms with Gasteiger partial charge in [-0.15, -0.1) is 18.3 Å². The molecule has 1 aliphatic rings. The van der Waals surface area contributed by atoms with Crippen LogP contribution in [0, 0.1) is 6.92 Å². The summed E-state index contributed by atoms with van der Waals surface area (Å²) >= 11 is 1.21. The molecule has 3 aromatic carbocycles. The lowest BCUT2D eigenvalue weighted by molar-refractivity contribution is -0.274. The SMILES string of the molecule is Cc1cccc(N2C(=O)CSC2=NC(=O)Nc2ccc(-c3ncn(-c4ccc(OC(F)(F)F)cc4)n3)cc2)c1C(C)C. The molecule has 42 heavy (non-hydrogen) atoms. The van der Waals surface area contributed by atoms with Crippen LogP contribution in [0.4, 0.5) is 29.3 Å². The smallest absolute Gasteiger partial charge is 0.406 e. The molecule has 9 nitrogen and oxygen atoms in total. The van der Waals surface area contributed by atoms with Crippen molar-refractivity contribution >= 4 is 40.2 Å². The van der Waals surface area contributed by atoms with E-state index < -0.39 is 12.4 Å². The quantitative estimate of drug-likeness (QED) is 0.260. The predicted molar refractivity (Wildman–Crippen MR) is 155 cm³/mol. The van der Waals surface area contributed by atoms with Crippen LogP contribution in [0.1, 0.15) is 30.9 Å². The number of carbonyl (C=O) groups is 2. The molecule has 0 bridgehead atoms. The van der Waals surface area contributed by atoms with Gasteiger partial charge in [0.25, 0.3) is 0 Å². The standard InChI is InChI=1S/C29H25F3N6O3S/c1-17(2)25-18(3)5-4-6-23(25)38-24(39)15-42-28(38)35-27(40)34-20-9-7-19(8-10-20)26-33-16-37(36-26)21-11-13-22(14-12-21)41-29(30,31)32/h4-14,16-17H,15H2,1-3H3,(H,34,40). The minimum Gasteiger partial charge on any atom is -0.406 e. The van der Waals surface area contributed by atoms with Crippen LogP contribution in [0.2, 0.25) is 0 Å². The molecule has 1 aromatic heterocycles. The van der Waals surface area contributed by atoms with E-state index in [1.54, 1.807) is 24.3 Å². The maximum Gasteiger partial charge on any atom is 0.573 e. The average Bonchev–Trinajstić information content (AvgIpc) is 3.55. The van der Waals surface area contributed by atoms with Gasteiger partial charge >= 0.3 is 12.4 Å². The van der Waals surface area contributed by atoms with Crippen molar-refractivity contribution in [2.24, 2.45) is 4.99 Å². The second-order valence-corrected chi connectivity index (χ2v) is 10.6. The van der Waals surface area contributed by atoms with Crippen LogP contribution in [-0.4, -0.2) is 44.0 Å². The van der Waals surface area contributed by atoms with E-state index in [4.69, 9.17) is 0 Å². The van der Waals surface area contributed by atoms with Gasteiger partial charge in [-0.3, -0.25) is 9.69 Å². The van der Waals surface area contributed by atoms with Crippen LogP contribution in [0.3, 0.4) is 0 Å². The number of anilines is 2. The van der Waals surface area contributed by atoms with Gasteiger partial charge in [-0.05, 0) is 78.6 Å². The number of hydrogen-bond donors (Lipinski definition) is 1. The van der Waals surface area contributed by atoms with Gasteiger partial charge in [-0.2, -0.15) is 4.99 Å². The monoisotopic (exact) mass is 594 g/mol. The highest BCUT2D eigenvalue weighted by Crippen LogP contribution is 2.35. The number of ether oxygens (including phenoxy) is 1. The van der Waals surface area contributed by atoms with Crippen LogP contribution in [0.5, 0.6) is 5.75 Å². The maximum absolute atomic E-state index is 12.8. The summed E-state index contributed by atoms with van der Waals surface area (Å²) in [5, 5.41) is 7.41. The summed E-state index contributed by atoms with van der Waals surface area (Å²) in [7, 11) is 0. The number of thioether (sulfide) groups is 1. The summed E-state index contributed by atoms with van der Waals surface area (Å²) in [6, 6.07) is 17.1. The molecule has 1 saturated heterocycles. The number of urea groups is 1. The molecule has 1 N–H and O–H groups in total. The van der Waals surface area contributed by atoms with Gasteiger partial charge in [-0.25, -0.2) is 14.5 Å². The molecule has 0 unspecified atom stereocenters. The molecule has 0 saturated carbocycles. The van der Waals surface area contributed by atoms with Gasteiger partial charge in [-0.1, -0.05) is 37.7 Å². The third-order valence-corrected chi connectivity index (χ3v) is 7.23. The Balaban J connectivity index is 1.27. The lowest BCUT2D eigenvalue weighted by Crippen LogP contribution is -2.31. The van der Waals surface area contributed by atoms with Gasteiger partial charge in [0, 0.05) is 11.3 Å². The number of nitrogens with one attached hydrogen (secondary N) is 1. The number of rotatable bonds is 6. The number of halogens is 3. The number of amidine groups is 1. The Kier molecular flexibility index (Phi) is 8.03. The molecule has 5 rings (SSSR count). The number of alkyl halides is 3. The van der Waals surface area contributed by atoms with Crippen molar-refractivity contribution in [1.82, 2.24) is 14.8 Å². The molecule has 216 valence electrons. The highest BCUT2D eigenvalue weighted by Gasteiger charge is 2.33. The van der Waals surface area contributed by atoms with Gasteiger partial charge in [0.05, 0.1) is 17.1 Å². The van der Waals surface area contributed by atoms with E-state index in [0.717, 1.165) is 16.8 Å². The van der Waals surface area contributed by atoms with Gasteiger partial charge in [0.1, 0.15) is 12.1 Å². The summed E-state index contributed by atoms with van der Waals surface area (Å²) in [6.45, 7) is 6.11. The molecule has 0 spiro atoms. The van der Waals surface area contributed by atoms with E-state index in [-0.39, 0.29) is 23.3 Å². The number of aryl methyl sites for hydroxylation is 1. The molecule has 4 aromatic rings. The lowest BCUT2D eigenvalue weighted by atomic mass is 9.95. The third kappa shape index (κ3) is 6.46. The molecule has 13 heteroatoms. The van der Waals surface area contributed by atoms with Crippen molar-refractivity contribution in [3.63, 3.8) is 0 Å². The Hall–Kier alpha value is -4.65. The second kappa shape index (κ2) is 11.7. The predicted octanol–water partition coefficient (Wildman–Crippen LogP) is 6.93. The molecule has 2 heterocycles. The van der Waals surface area contributed by atoms with Crippen molar-refractivity contribution < 1.29 is 27.5 Å². The Morgan fingerprint density at radius 1 is 1.07 bits per heavy atom. The van der Waals surface area contributed by atoms with Crippen LogP contribution in [-0.2, 0) is 4.79 Å². The molecule has 1 fully saturated rings. The molecular weight excluding hydrogens is 569 g/mol. The number of carbonyl (C=O) groups excluding carboxylic acids is 2. The lowest BCUT2D eigenvalue weighted by Gasteiger charge is -2.23. The summed E-state index contributed by atoms with van der Waals surface area (Å²) < 4.78 is 42.5. The topological polar surface area (TPSA) is 102 Å². The van der Waals surface area contributed by atoms with Crippen molar-refractivity contribution in [1.29, 1.82) is 0 Å². The third-order valence-electron chi connectivity index (χ3n) is 6.30. The van der Waals surface area contributed by atoms with Crippen molar-refractivity contribution in [3.05, 3.63) is 84.2 Å². The van der Waals surface area contributed by atoms with Crippen molar-refractivity contribution in [2.75, 3.05) is 16.0 Å². The highest BCUT2D eigenvalue weighted by atomic mass is 32.2. The maximum atomic E-state index is 12.8. The van der Waals surface area contributed by atoms with Crippen molar-refractivity contribution in [3.8, 4) is 22.8 Å². The van der Waals surface area contributed by atoms with E-state index in [0.29, 0.717) is 27.9 Å². The Bertz CT molecular complexity index is 1650. The zero-order chi connectivity index (χ0) is 30.0. The largest absolute Gasteiger partial charge is 0.573 e. The number of benzene rings is 3. The molecule has 1 aliphatic heterocycles. The number of aromatic nitrogens is 3. The highest BCUT2D eigenvalue weighted by molar-refractivity contribution is 8.15. The van der Waals surface area contributed by atoms with E-state index >= 15 is 0 Å². The van der Waals surface area contributed by atoms with E-state index in [9.17, 15) is 22.8 Å². The summed E-state index contributed by atoms with van der Waals surface area (Å²) in [4.78, 5) is 35.5. The van der Waals surface area contributed by atoms with Crippen LogP contribution >= 0.6 is 11.8 Å². The zero-order valence-electron chi connectivity index (χ0n) is 22.7. The molecule has 0 aliphatic carbocycles. The van der Waals surface area contributed by atoms with E-state index in [1.165, 1.54) is 51.9 Å². The first-order valence-corrected chi connectivity index (χ1v) is 13.8. The average molecular weight is 595 g/mol. The number of aliphatic imine (C=N–C) groups is 1.